The highest BCUT2D eigenvalue weighted by atomic mass is 32.7. The molecule has 32 heavy (non-hydrogen) atoms. The summed E-state index contributed by atoms with van der Waals surface area (Å²) in [6, 6.07) is 11.4. The van der Waals surface area contributed by atoms with Gasteiger partial charge < -0.3 is 0 Å². The summed E-state index contributed by atoms with van der Waals surface area (Å²) in [6.45, 7) is 6.01. The Morgan fingerprint density at radius 1 is 0.469 bits per heavy atom. The van der Waals surface area contributed by atoms with Gasteiger partial charge in [0.2, 0.25) is 0 Å². The highest BCUT2D eigenvalue weighted by Crippen LogP contribution is 2.73. The topological polar surface area (TPSA) is 0 Å². The molecule has 0 saturated carbocycles. The van der Waals surface area contributed by atoms with Gasteiger partial charge in [0.05, 0.1) is 36.3 Å². The van der Waals surface area contributed by atoms with Crippen molar-refractivity contribution in [2.45, 2.75) is 141 Å². The molecule has 0 unspecified atom stereocenters. The van der Waals surface area contributed by atoms with E-state index in [0.29, 0.717) is 0 Å². The molecule has 0 aliphatic carbocycles. The number of unbranched alkanes of at least 4 members (excludes halogenated alkanes) is 15. The van der Waals surface area contributed by atoms with Crippen molar-refractivity contribution in [2.24, 2.45) is 0 Å². The molecule has 0 N–H and O–H groups in total. The summed E-state index contributed by atoms with van der Waals surface area (Å²) < 4.78 is 0. The molecule has 0 aromatic heterocycles. The predicted molar refractivity (Wildman–Crippen MR) is 154 cm³/mol. The maximum Gasteiger partial charge on any atom is 0.0793 e. The van der Waals surface area contributed by atoms with Gasteiger partial charge in [-0.2, -0.15) is 0 Å². The van der Waals surface area contributed by atoms with Crippen LogP contribution >= 0.6 is 17.8 Å². The van der Waals surface area contributed by atoms with Gasteiger partial charge in [-0.1, -0.05) is 116 Å². The number of hydrogen-bond donors (Lipinski definition) is 0. The highest BCUT2D eigenvalue weighted by Gasteiger charge is 2.38. The summed E-state index contributed by atoms with van der Waals surface area (Å²) in [4.78, 5) is 1.55. The fourth-order valence-electron chi connectivity index (χ4n) is 4.72. The van der Waals surface area contributed by atoms with Gasteiger partial charge in [-0.15, -0.1) is 0 Å². The molecule has 0 heterocycles. The van der Waals surface area contributed by atoms with Crippen LogP contribution in [-0.2, 0) is 0 Å². The van der Waals surface area contributed by atoms with Crippen LogP contribution in [0.5, 0.6) is 0 Å². The van der Waals surface area contributed by atoms with E-state index in [1.165, 1.54) is 134 Å². The molecule has 0 saturated heterocycles. The van der Waals surface area contributed by atoms with Crippen LogP contribution < -0.4 is 0 Å². The summed E-state index contributed by atoms with van der Waals surface area (Å²) >= 11 is 2.35. The molecule has 2 heteroatoms. The van der Waals surface area contributed by atoms with Gasteiger partial charge in [0.25, 0.3) is 0 Å². The number of rotatable bonds is 23. The Kier molecular flexibility index (Phi) is 20.2. The second-order valence-corrected chi connectivity index (χ2v) is 16.9. The lowest BCUT2D eigenvalue weighted by Crippen LogP contribution is -2.06. The van der Waals surface area contributed by atoms with Crippen LogP contribution in [0.2, 0.25) is 0 Å². The Morgan fingerprint density at radius 3 is 1.19 bits per heavy atom. The molecule has 1 aromatic rings. The third kappa shape index (κ3) is 15.8. The fourth-order valence-corrected chi connectivity index (χ4v) is 12.5. The first kappa shape index (κ1) is 30.0. The lowest BCUT2D eigenvalue weighted by molar-refractivity contribution is 0.617. The van der Waals surface area contributed by atoms with E-state index < -0.39 is 6.46 Å². The van der Waals surface area contributed by atoms with Crippen molar-refractivity contribution in [1.82, 2.24) is 0 Å². The van der Waals surface area contributed by atoms with Crippen LogP contribution in [0.1, 0.15) is 136 Å². The van der Waals surface area contributed by atoms with Crippen molar-refractivity contribution in [3.8, 4) is 0 Å². The van der Waals surface area contributed by atoms with Crippen molar-refractivity contribution < 1.29 is 0 Å². The second kappa shape index (κ2) is 21.5. The molecule has 0 fully saturated rings. The molecule has 0 aliphatic heterocycles. The predicted octanol–water partition coefficient (Wildman–Crippen LogP) is 11.8. The lowest BCUT2D eigenvalue weighted by atomic mass is 10.1. The van der Waals surface area contributed by atoms with E-state index in [4.69, 9.17) is 0 Å². The van der Waals surface area contributed by atoms with Crippen LogP contribution in [0.4, 0.5) is 0 Å². The van der Waals surface area contributed by atoms with Crippen molar-refractivity contribution in [2.75, 3.05) is 18.5 Å². The standard InChI is InChI=1S/C30H56PS/c1-4-7-10-13-16-22-27-31(28-23-17-14-11-8-5-2,29-24-18-15-12-9-6-3)32-30-25-20-19-21-26-30/h19-21,25-26H,4-18,22-24,27-29H2,1-3H3/q+1. The summed E-state index contributed by atoms with van der Waals surface area (Å²) in [5.74, 6) is 0. The molecule has 0 atom stereocenters. The Balaban J connectivity index is 2.70. The Bertz CT molecular complexity index is 460. The number of benzene rings is 1. The van der Waals surface area contributed by atoms with Crippen molar-refractivity contribution >= 4 is 17.8 Å². The van der Waals surface area contributed by atoms with E-state index in [2.05, 4.69) is 62.5 Å². The summed E-state index contributed by atoms with van der Waals surface area (Å²) in [5, 5.41) is 0. The van der Waals surface area contributed by atoms with Crippen molar-refractivity contribution in [1.29, 1.82) is 0 Å². The average molecular weight is 480 g/mol. The first-order valence-corrected chi connectivity index (χ1v) is 18.1. The van der Waals surface area contributed by atoms with Crippen molar-refractivity contribution in [3.05, 3.63) is 30.3 Å². The van der Waals surface area contributed by atoms with Gasteiger partial charge in [-0.05, 0) is 50.7 Å². The first-order chi connectivity index (χ1) is 15.8. The molecule has 0 nitrogen and oxygen atoms in total. The first-order valence-electron chi connectivity index (χ1n) is 14.4. The van der Waals surface area contributed by atoms with E-state index in [1.54, 1.807) is 4.90 Å². The van der Waals surface area contributed by atoms with Crippen LogP contribution in [0.25, 0.3) is 0 Å². The quantitative estimate of drug-likeness (QED) is 0.111. The Labute approximate surface area is 207 Å². The minimum Gasteiger partial charge on any atom is -0.0654 e. The summed E-state index contributed by atoms with van der Waals surface area (Å²) in [5.41, 5.74) is 0. The Hall–Kier alpha value is 0. The molecule has 186 valence electrons. The summed E-state index contributed by atoms with van der Waals surface area (Å²) in [7, 11) is 0. The lowest BCUT2D eigenvalue weighted by Gasteiger charge is -2.26. The zero-order valence-corrected chi connectivity index (χ0v) is 23.8. The molecule has 0 aliphatic rings. The third-order valence-electron chi connectivity index (χ3n) is 6.80. The molecule has 1 rings (SSSR count). The monoisotopic (exact) mass is 479 g/mol. The largest absolute Gasteiger partial charge is 0.0793 e. The fraction of sp³-hybridized carbons (Fsp3) is 0.800. The second-order valence-electron chi connectivity index (χ2n) is 9.94. The maximum absolute atomic E-state index is 2.38. The van der Waals surface area contributed by atoms with Gasteiger partial charge in [0.15, 0.2) is 0 Å². The molecule has 1 aromatic carbocycles. The molecular weight excluding hydrogens is 423 g/mol. The van der Waals surface area contributed by atoms with Crippen molar-refractivity contribution in [3.63, 3.8) is 0 Å². The average Bonchev–Trinajstić information content (AvgIpc) is 2.81. The molecular formula is C30H56PS+. The Morgan fingerprint density at radius 2 is 0.812 bits per heavy atom. The molecule has 0 bridgehead atoms. The van der Waals surface area contributed by atoms with Gasteiger partial charge in [0, 0.05) is 4.90 Å². The highest BCUT2D eigenvalue weighted by molar-refractivity contribution is 8.62. The number of hydrogen-bond acceptors (Lipinski definition) is 1. The van der Waals surface area contributed by atoms with Gasteiger partial charge in [-0.3, -0.25) is 0 Å². The van der Waals surface area contributed by atoms with E-state index in [1.807, 2.05) is 0 Å². The minimum absolute atomic E-state index is 0.968. The smallest absolute Gasteiger partial charge is 0.0654 e. The van der Waals surface area contributed by atoms with E-state index in [9.17, 15) is 0 Å². The normalized spacial score (nSPS) is 11.8. The van der Waals surface area contributed by atoms with Crippen LogP contribution in [-0.4, -0.2) is 18.5 Å². The maximum atomic E-state index is 2.38. The molecule has 0 radical (unpaired) electrons. The SMILES string of the molecule is CCCCCCCC[P+](CCCCCCCC)(CCCCCCCC)Sc1ccccc1. The zero-order valence-electron chi connectivity index (χ0n) is 22.1. The van der Waals surface area contributed by atoms with E-state index in [-0.39, 0.29) is 0 Å². The van der Waals surface area contributed by atoms with Crippen LogP contribution in [0, 0.1) is 0 Å². The summed E-state index contributed by atoms with van der Waals surface area (Å²) in [6.07, 6.45) is 30.5. The van der Waals surface area contributed by atoms with E-state index >= 15 is 0 Å². The van der Waals surface area contributed by atoms with Gasteiger partial charge >= 0.3 is 0 Å². The molecule has 0 amide bonds. The van der Waals surface area contributed by atoms with E-state index in [0.717, 1.165) is 0 Å². The van der Waals surface area contributed by atoms with Gasteiger partial charge in [-0.25, -0.2) is 0 Å². The zero-order chi connectivity index (χ0) is 23.2. The van der Waals surface area contributed by atoms with Crippen LogP contribution in [0.3, 0.4) is 0 Å². The van der Waals surface area contributed by atoms with Crippen LogP contribution in [0.15, 0.2) is 35.2 Å². The third-order valence-corrected chi connectivity index (χ3v) is 14.5. The minimum atomic E-state index is -0.968. The molecule has 0 spiro atoms. The van der Waals surface area contributed by atoms with Gasteiger partial charge in [0.1, 0.15) is 0 Å².